The van der Waals surface area contributed by atoms with E-state index in [0.29, 0.717) is 0 Å². The van der Waals surface area contributed by atoms with Crippen molar-refractivity contribution >= 4 is 0 Å². The van der Waals surface area contributed by atoms with Gasteiger partial charge < -0.3 is 15.7 Å². The van der Waals surface area contributed by atoms with Gasteiger partial charge in [-0.15, -0.1) is 0 Å². The molecule has 15 heavy (non-hydrogen) atoms. The minimum absolute atomic E-state index is 0.226. The number of likely N-dealkylation sites (N-methyl/N-ethyl adjacent to an activating group) is 1. The molecule has 0 saturated carbocycles. The van der Waals surface area contributed by atoms with Crippen molar-refractivity contribution in [1.29, 1.82) is 0 Å². The normalized spacial score (nSPS) is 14.6. The first-order valence-electron chi connectivity index (χ1n) is 5.94. The van der Waals surface area contributed by atoms with Crippen molar-refractivity contribution in [3.63, 3.8) is 0 Å². The maximum atomic E-state index is 9.19. The van der Waals surface area contributed by atoms with Gasteiger partial charge >= 0.3 is 0 Å². The van der Waals surface area contributed by atoms with E-state index in [9.17, 15) is 5.11 Å². The highest BCUT2D eigenvalue weighted by Gasteiger charge is 2.14. The topological polar surface area (TPSA) is 49.5 Å². The first-order chi connectivity index (χ1) is 6.87. The van der Waals surface area contributed by atoms with Gasteiger partial charge in [-0.2, -0.15) is 0 Å². The van der Waals surface area contributed by atoms with Crippen LogP contribution < -0.4 is 5.73 Å². The zero-order valence-corrected chi connectivity index (χ0v) is 10.8. The molecule has 1 unspecified atom stereocenters. The molecule has 0 radical (unpaired) electrons. The fourth-order valence-corrected chi connectivity index (χ4v) is 1.63. The highest BCUT2D eigenvalue weighted by atomic mass is 16.3. The van der Waals surface area contributed by atoms with Crippen LogP contribution in [-0.4, -0.2) is 42.8 Å². The molecule has 1 atom stereocenters. The van der Waals surface area contributed by atoms with Gasteiger partial charge in [0.25, 0.3) is 0 Å². The van der Waals surface area contributed by atoms with Gasteiger partial charge in [0.1, 0.15) is 0 Å². The van der Waals surface area contributed by atoms with E-state index >= 15 is 0 Å². The summed E-state index contributed by atoms with van der Waals surface area (Å²) < 4.78 is 0. The lowest BCUT2D eigenvalue weighted by Crippen LogP contribution is -2.28. The number of aliphatic hydroxyl groups is 1. The molecule has 0 aromatic carbocycles. The van der Waals surface area contributed by atoms with Crippen molar-refractivity contribution in [1.82, 2.24) is 4.90 Å². The summed E-state index contributed by atoms with van der Waals surface area (Å²) in [6.07, 6.45) is 3.36. The Bertz CT molecular complexity index is 158. The number of hydrogen-bond acceptors (Lipinski definition) is 3. The molecule has 0 aliphatic rings. The van der Waals surface area contributed by atoms with Gasteiger partial charge in [-0.25, -0.2) is 0 Å². The maximum absolute atomic E-state index is 9.19. The molecule has 3 N–H and O–H groups in total. The molecule has 0 amide bonds. The third kappa shape index (κ3) is 8.85. The van der Waals surface area contributed by atoms with E-state index in [2.05, 4.69) is 25.8 Å². The third-order valence-corrected chi connectivity index (χ3v) is 2.77. The van der Waals surface area contributed by atoms with Crippen molar-refractivity contribution in [2.75, 3.05) is 26.7 Å². The summed E-state index contributed by atoms with van der Waals surface area (Å²) >= 11 is 0. The predicted molar refractivity (Wildman–Crippen MR) is 65.9 cm³/mol. The molecule has 0 spiro atoms. The summed E-state index contributed by atoms with van der Waals surface area (Å²) in [7, 11) is 2.06. The van der Waals surface area contributed by atoms with E-state index in [-0.39, 0.29) is 11.5 Å². The molecule has 0 aromatic rings. The Balaban J connectivity index is 3.46. The molecular weight excluding hydrogens is 188 g/mol. The highest BCUT2D eigenvalue weighted by Crippen LogP contribution is 2.21. The van der Waals surface area contributed by atoms with E-state index in [4.69, 9.17) is 5.73 Å². The van der Waals surface area contributed by atoms with E-state index < -0.39 is 0 Å². The van der Waals surface area contributed by atoms with Crippen LogP contribution in [0.3, 0.4) is 0 Å². The highest BCUT2D eigenvalue weighted by molar-refractivity contribution is 4.69. The molecule has 0 aliphatic heterocycles. The van der Waals surface area contributed by atoms with Crippen molar-refractivity contribution < 1.29 is 5.11 Å². The monoisotopic (exact) mass is 216 g/mol. The average molecular weight is 216 g/mol. The SMILES string of the molecule is CC(O)CN(C)CCCCC(C)(C)CN. The second-order valence-electron chi connectivity index (χ2n) is 5.44. The number of nitrogens with zero attached hydrogens (tertiary/aromatic N) is 1. The number of aliphatic hydroxyl groups excluding tert-OH is 1. The van der Waals surface area contributed by atoms with Crippen molar-refractivity contribution in [2.24, 2.45) is 11.1 Å². The summed E-state index contributed by atoms with van der Waals surface area (Å²) in [4.78, 5) is 2.18. The zero-order valence-electron chi connectivity index (χ0n) is 10.8. The van der Waals surface area contributed by atoms with E-state index in [1.54, 1.807) is 0 Å². The molecule has 0 fully saturated rings. The second kappa shape index (κ2) is 7.20. The first-order valence-corrected chi connectivity index (χ1v) is 5.94. The van der Waals surface area contributed by atoms with Crippen LogP contribution >= 0.6 is 0 Å². The van der Waals surface area contributed by atoms with Gasteiger partial charge in [-0.05, 0) is 45.3 Å². The van der Waals surface area contributed by atoms with Gasteiger partial charge in [-0.1, -0.05) is 20.3 Å². The Kier molecular flexibility index (Phi) is 7.14. The molecule has 0 aliphatic carbocycles. The Hall–Kier alpha value is -0.120. The third-order valence-electron chi connectivity index (χ3n) is 2.77. The van der Waals surface area contributed by atoms with Crippen molar-refractivity contribution in [3.05, 3.63) is 0 Å². The van der Waals surface area contributed by atoms with Gasteiger partial charge in [0.2, 0.25) is 0 Å². The lowest BCUT2D eigenvalue weighted by Gasteiger charge is -2.23. The van der Waals surface area contributed by atoms with Crippen LogP contribution in [0.1, 0.15) is 40.0 Å². The minimum atomic E-state index is -0.226. The summed E-state index contributed by atoms with van der Waals surface area (Å²) in [6, 6.07) is 0. The van der Waals surface area contributed by atoms with Crippen LogP contribution in [-0.2, 0) is 0 Å². The van der Waals surface area contributed by atoms with Crippen LogP contribution in [0.5, 0.6) is 0 Å². The second-order valence-corrected chi connectivity index (χ2v) is 5.44. The minimum Gasteiger partial charge on any atom is -0.392 e. The summed E-state index contributed by atoms with van der Waals surface area (Å²) in [6.45, 7) is 8.84. The number of rotatable bonds is 8. The Morgan fingerprint density at radius 1 is 1.33 bits per heavy atom. The zero-order chi connectivity index (χ0) is 11.9. The number of hydrogen-bond donors (Lipinski definition) is 2. The molecular formula is C12H28N2O. The van der Waals surface area contributed by atoms with E-state index in [1.807, 2.05) is 6.92 Å². The van der Waals surface area contributed by atoms with Crippen molar-refractivity contribution in [3.8, 4) is 0 Å². The molecule has 0 saturated heterocycles. The lowest BCUT2D eigenvalue weighted by atomic mass is 9.87. The molecule has 0 rings (SSSR count). The maximum Gasteiger partial charge on any atom is 0.0638 e. The molecule has 0 aromatic heterocycles. The first kappa shape index (κ1) is 14.9. The largest absolute Gasteiger partial charge is 0.392 e. The number of unbranched alkanes of at least 4 members (excludes halogenated alkanes) is 1. The standard InChI is InChI=1S/C12H28N2O/c1-11(15)9-14(4)8-6-5-7-12(2,3)10-13/h11,15H,5-10,13H2,1-4H3. The van der Waals surface area contributed by atoms with Crippen LogP contribution in [0.15, 0.2) is 0 Å². The summed E-state index contributed by atoms with van der Waals surface area (Å²) in [5, 5.41) is 9.19. The average Bonchev–Trinajstić information content (AvgIpc) is 2.11. The fourth-order valence-electron chi connectivity index (χ4n) is 1.63. The molecule has 3 nitrogen and oxygen atoms in total. The molecule has 0 heterocycles. The molecule has 3 heteroatoms. The predicted octanol–water partition coefficient (Wildman–Crippen LogP) is 1.45. The van der Waals surface area contributed by atoms with Crippen LogP contribution in [0.4, 0.5) is 0 Å². The molecule has 0 bridgehead atoms. The van der Waals surface area contributed by atoms with Gasteiger partial charge in [-0.3, -0.25) is 0 Å². The van der Waals surface area contributed by atoms with Crippen LogP contribution in [0.25, 0.3) is 0 Å². The van der Waals surface area contributed by atoms with Crippen LogP contribution in [0.2, 0.25) is 0 Å². The van der Waals surface area contributed by atoms with E-state index in [1.165, 1.54) is 19.3 Å². The fraction of sp³-hybridized carbons (Fsp3) is 1.00. The Morgan fingerprint density at radius 3 is 2.40 bits per heavy atom. The van der Waals surface area contributed by atoms with Gasteiger partial charge in [0.05, 0.1) is 6.10 Å². The Labute approximate surface area is 94.6 Å². The van der Waals surface area contributed by atoms with Crippen LogP contribution in [0, 0.1) is 5.41 Å². The lowest BCUT2D eigenvalue weighted by molar-refractivity contribution is 0.139. The van der Waals surface area contributed by atoms with Gasteiger partial charge in [0, 0.05) is 6.54 Å². The Morgan fingerprint density at radius 2 is 1.93 bits per heavy atom. The summed E-state index contributed by atoms with van der Waals surface area (Å²) in [5.41, 5.74) is 5.95. The summed E-state index contributed by atoms with van der Waals surface area (Å²) in [5.74, 6) is 0. The van der Waals surface area contributed by atoms with Gasteiger partial charge in [0.15, 0.2) is 0 Å². The quantitative estimate of drug-likeness (QED) is 0.604. The number of nitrogens with two attached hydrogens (primary N) is 1. The smallest absolute Gasteiger partial charge is 0.0638 e. The van der Waals surface area contributed by atoms with E-state index in [0.717, 1.165) is 19.6 Å². The van der Waals surface area contributed by atoms with Crippen molar-refractivity contribution in [2.45, 2.75) is 46.1 Å². The molecule has 92 valence electrons.